The van der Waals surface area contributed by atoms with Crippen molar-refractivity contribution in [1.82, 2.24) is 5.32 Å². The SMILES string of the molecule is COc1ccccc1CCNC(=O)C[NH+](C)Cc1cc(OC)c(OC)cc1C. The zero-order valence-electron chi connectivity index (χ0n) is 17.4. The molecule has 0 aliphatic rings. The Bertz CT molecular complexity index is 792. The van der Waals surface area contributed by atoms with Gasteiger partial charge in [0.25, 0.3) is 5.91 Å². The summed E-state index contributed by atoms with van der Waals surface area (Å²) in [6.07, 6.45) is 0.740. The molecule has 6 nitrogen and oxygen atoms in total. The highest BCUT2D eigenvalue weighted by molar-refractivity contribution is 5.76. The van der Waals surface area contributed by atoms with Gasteiger partial charge in [-0.05, 0) is 42.7 Å². The Hall–Kier alpha value is -2.73. The normalized spacial score (nSPS) is 11.6. The van der Waals surface area contributed by atoms with Crippen molar-refractivity contribution >= 4 is 5.91 Å². The number of nitrogens with one attached hydrogen (secondary N) is 2. The fourth-order valence-electron chi connectivity index (χ4n) is 3.18. The van der Waals surface area contributed by atoms with Gasteiger partial charge in [-0.15, -0.1) is 0 Å². The lowest BCUT2D eigenvalue weighted by Crippen LogP contribution is -3.09. The standard InChI is InChI=1S/C22H30N2O4/c1-16-12-20(27-4)21(28-5)13-18(16)14-24(2)15-22(25)23-11-10-17-8-6-7-9-19(17)26-3/h6-9,12-13H,10-11,14-15H2,1-5H3,(H,23,25)/p+1. The Balaban J connectivity index is 1.86. The number of quaternary nitrogens is 1. The molecule has 0 aromatic heterocycles. The molecule has 0 heterocycles. The van der Waals surface area contributed by atoms with E-state index in [1.54, 1.807) is 21.3 Å². The number of amides is 1. The Labute approximate surface area is 167 Å². The first kappa shape index (κ1) is 21.6. The highest BCUT2D eigenvalue weighted by Gasteiger charge is 2.15. The minimum atomic E-state index is 0.0329. The third-order valence-corrected chi connectivity index (χ3v) is 4.71. The van der Waals surface area contributed by atoms with E-state index in [1.807, 2.05) is 50.4 Å². The number of aryl methyl sites for hydroxylation is 1. The molecule has 0 saturated heterocycles. The molecule has 152 valence electrons. The summed E-state index contributed by atoms with van der Waals surface area (Å²) in [6, 6.07) is 11.8. The highest BCUT2D eigenvalue weighted by Crippen LogP contribution is 2.29. The van der Waals surface area contributed by atoms with Crippen LogP contribution in [0.15, 0.2) is 36.4 Å². The number of carbonyl (C=O) groups excluding carboxylic acids is 1. The minimum Gasteiger partial charge on any atom is -0.496 e. The fraction of sp³-hybridized carbons (Fsp3) is 0.409. The van der Waals surface area contributed by atoms with Gasteiger partial charge in [-0.1, -0.05) is 18.2 Å². The van der Waals surface area contributed by atoms with Gasteiger partial charge in [0.1, 0.15) is 12.3 Å². The summed E-state index contributed by atoms with van der Waals surface area (Å²) in [4.78, 5) is 13.4. The molecule has 0 spiro atoms. The summed E-state index contributed by atoms with van der Waals surface area (Å²) in [5.41, 5.74) is 3.34. The van der Waals surface area contributed by atoms with Gasteiger partial charge in [0.2, 0.25) is 0 Å². The molecule has 0 radical (unpaired) electrons. The van der Waals surface area contributed by atoms with Gasteiger partial charge in [-0.3, -0.25) is 4.79 Å². The summed E-state index contributed by atoms with van der Waals surface area (Å²) in [5, 5.41) is 2.99. The van der Waals surface area contributed by atoms with Crippen LogP contribution >= 0.6 is 0 Å². The van der Waals surface area contributed by atoms with Crippen molar-refractivity contribution in [2.24, 2.45) is 0 Å². The number of hydrogen-bond acceptors (Lipinski definition) is 4. The van der Waals surface area contributed by atoms with Gasteiger partial charge in [-0.25, -0.2) is 0 Å². The Morgan fingerprint density at radius 2 is 1.61 bits per heavy atom. The lowest BCUT2D eigenvalue weighted by molar-refractivity contribution is -0.885. The lowest BCUT2D eigenvalue weighted by Gasteiger charge is -2.17. The molecule has 2 N–H and O–H groups in total. The van der Waals surface area contributed by atoms with E-state index >= 15 is 0 Å². The number of benzene rings is 2. The lowest BCUT2D eigenvalue weighted by atomic mass is 10.1. The number of ether oxygens (including phenoxy) is 3. The van der Waals surface area contributed by atoms with E-state index in [-0.39, 0.29) is 5.91 Å². The molecule has 1 atom stereocenters. The zero-order chi connectivity index (χ0) is 20.5. The largest absolute Gasteiger partial charge is 0.496 e. The van der Waals surface area contributed by atoms with Crippen LogP contribution in [0.25, 0.3) is 0 Å². The molecule has 2 rings (SSSR count). The molecular weight excluding hydrogens is 356 g/mol. The number of hydrogen-bond donors (Lipinski definition) is 2. The average molecular weight is 388 g/mol. The number of methoxy groups -OCH3 is 3. The molecule has 6 heteroatoms. The molecular formula is C22H31N2O4+. The number of para-hydroxylation sites is 1. The van der Waals surface area contributed by atoms with Crippen LogP contribution in [0, 0.1) is 6.92 Å². The third kappa shape index (κ3) is 5.89. The first-order chi connectivity index (χ1) is 13.5. The first-order valence-corrected chi connectivity index (χ1v) is 9.39. The maximum absolute atomic E-state index is 12.3. The van der Waals surface area contributed by atoms with E-state index in [4.69, 9.17) is 14.2 Å². The van der Waals surface area contributed by atoms with Crippen molar-refractivity contribution in [3.05, 3.63) is 53.1 Å². The van der Waals surface area contributed by atoms with Crippen molar-refractivity contribution in [3.63, 3.8) is 0 Å². The summed E-state index contributed by atoms with van der Waals surface area (Å²) in [5.74, 6) is 2.31. The molecule has 1 unspecified atom stereocenters. The van der Waals surface area contributed by atoms with Gasteiger partial charge in [-0.2, -0.15) is 0 Å². The number of rotatable bonds is 10. The van der Waals surface area contributed by atoms with Crippen LogP contribution in [0.1, 0.15) is 16.7 Å². The summed E-state index contributed by atoms with van der Waals surface area (Å²) in [7, 11) is 6.92. The molecule has 0 aliphatic carbocycles. The van der Waals surface area contributed by atoms with Crippen LogP contribution in [-0.2, 0) is 17.8 Å². The van der Waals surface area contributed by atoms with Gasteiger partial charge < -0.3 is 24.4 Å². The second kappa shape index (κ2) is 10.6. The van der Waals surface area contributed by atoms with Crippen molar-refractivity contribution < 1.29 is 23.9 Å². The minimum absolute atomic E-state index is 0.0329. The molecule has 2 aromatic rings. The topological polar surface area (TPSA) is 61.2 Å². The maximum Gasteiger partial charge on any atom is 0.275 e. The van der Waals surface area contributed by atoms with Crippen LogP contribution in [-0.4, -0.2) is 47.4 Å². The van der Waals surface area contributed by atoms with E-state index in [0.29, 0.717) is 18.8 Å². The van der Waals surface area contributed by atoms with Crippen molar-refractivity contribution in [1.29, 1.82) is 0 Å². The van der Waals surface area contributed by atoms with Crippen molar-refractivity contribution in [3.8, 4) is 17.2 Å². The van der Waals surface area contributed by atoms with Gasteiger partial charge in [0.15, 0.2) is 18.0 Å². The van der Waals surface area contributed by atoms with E-state index in [1.165, 1.54) is 0 Å². The second-order valence-corrected chi connectivity index (χ2v) is 6.86. The molecule has 28 heavy (non-hydrogen) atoms. The third-order valence-electron chi connectivity index (χ3n) is 4.71. The maximum atomic E-state index is 12.3. The predicted molar refractivity (Wildman–Crippen MR) is 109 cm³/mol. The van der Waals surface area contributed by atoms with Gasteiger partial charge >= 0.3 is 0 Å². The van der Waals surface area contributed by atoms with Crippen molar-refractivity contribution in [2.75, 3.05) is 41.5 Å². The number of likely N-dealkylation sites (N-methyl/N-ethyl adjacent to an activating group) is 1. The van der Waals surface area contributed by atoms with E-state index in [0.717, 1.165) is 46.1 Å². The predicted octanol–water partition coefficient (Wildman–Crippen LogP) is 1.39. The van der Waals surface area contributed by atoms with Gasteiger partial charge in [0.05, 0.1) is 28.4 Å². The summed E-state index contributed by atoms with van der Waals surface area (Å²) >= 11 is 0. The smallest absolute Gasteiger partial charge is 0.275 e. The Kier molecular flexibility index (Phi) is 8.14. The van der Waals surface area contributed by atoms with Crippen molar-refractivity contribution in [2.45, 2.75) is 19.9 Å². The number of carbonyl (C=O) groups is 1. The monoisotopic (exact) mass is 387 g/mol. The van der Waals surface area contributed by atoms with Crippen LogP contribution in [0.3, 0.4) is 0 Å². The Morgan fingerprint density at radius 1 is 0.964 bits per heavy atom. The fourth-order valence-corrected chi connectivity index (χ4v) is 3.18. The van der Waals surface area contributed by atoms with E-state index in [9.17, 15) is 4.79 Å². The molecule has 2 aromatic carbocycles. The molecule has 0 saturated carbocycles. The summed E-state index contributed by atoms with van der Waals surface area (Å²) < 4.78 is 16.1. The molecule has 0 aliphatic heterocycles. The van der Waals surface area contributed by atoms with Crippen LogP contribution in [0.5, 0.6) is 17.2 Å². The quantitative estimate of drug-likeness (QED) is 0.647. The Morgan fingerprint density at radius 3 is 2.29 bits per heavy atom. The van der Waals surface area contributed by atoms with Gasteiger partial charge in [0, 0.05) is 12.1 Å². The first-order valence-electron chi connectivity index (χ1n) is 9.39. The van der Waals surface area contributed by atoms with Crippen LogP contribution < -0.4 is 24.4 Å². The molecule has 0 fully saturated rings. The second-order valence-electron chi connectivity index (χ2n) is 6.86. The highest BCUT2D eigenvalue weighted by atomic mass is 16.5. The van der Waals surface area contributed by atoms with Crippen LogP contribution in [0.4, 0.5) is 0 Å². The average Bonchev–Trinajstić information content (AvgIpc) is 2.69. The molecule has 0 bridgehead atoms. The van der Waals surface area contributed by atoms with E-state index in [2.05, 4.69) is 5.32 Å². The van der Waals surface area contributed by atoms with E-state index < -0.39 is 0 Å². The summed E-state index contributed by atoms with van der Waals surface area (Å²) in [6.45, 7) is 3.76. The molecule has 1 amide bonds. The van der Waals surface area contributed by atoms with Crippen LogP contribution in [0.2, 0.25) is 0 Å². The zero-order valence-corrected chi connectivity index (χ0v) is 17.4.